The minimum Gasteiger partial charge on any atom is -0.493 e. The molecule has 0 bridgehead atoms. The van der Waals surface area contributed by atoms with Crippen molar-refractivity contribution in [3.63, 3.8) is 0 Å². The van der Waals surface area contributed by atoms with Gasteiger partial charge in [-0.25, -0.2) is 4.68 Å². The zero-order valence-electron chi connectivity index (χ0n) is 14.8. The summed E-state index contributed by atoms with van der Waals surface area (Å²) in [5.74, 6) is 0.301. The molecule has 0 aliphatic carbocycles. The minimum absolute atomic E-state index is 0.0726. The molecule has 2 aromatic heterocycles. The number of thiophene rings is 1. The Morgan fingerprint density at radius 3 is 2.89 bits per heavy atom. The van der Waals surface area contributed by atoms with Gasteiger partial charge in [-0.15, -0.1) is 11.3 Å². The zero-order valence-corrected chi connectivity index (χ0v) is 15.7. The van der Waals surface area contributed by atoms with Crippen molar-refractivity contribution in [2.24, 2.45) is 0 Å². The van der Waals surface area contributed by atoms with Gasteiger partial charge in [0.25, 0.3) is 0 Å². The summed E-state index contributed by atoms with van der Waals surface area (Å²) in [6.45, 7) is -2.38. The number of amides is 1. The lowest BCUT2D eigenvalue weighted by Crippen LogP contribution is -2.13. The summed E-state index contributed by atoms with van der Waals surface area (Å²) in [5.41, 5.74) is 0.598. The molecule has 28 heavy (non-hydrogen) atoms. The summed E-state index contributed by atoms with van der Waals surface area (Å²) < 4.78 is 35.8. The first-order valence-corrected chi connectivity index (χ1v) is 9.09. The van der Waals surface area contributed by atoms with Crippen molar-refractivity contribution < 1.29 is 23.0 Å². The van der Waals surface area contributed by atoms with Gasteiger partial charge in [0.15, 0.2) is 11.5 Å². The number of ether oxygens (including phenoxy) is 2. The number of aromatic nitrogens is 2. The summed E-state index contributed by atoms with van der Waals surface area (Å²) in [4.78, 5) is 13.3. The molecule has 1 aromatic carbocycles. The van der Waals surface area contributed by atoms with E-state index in [2.05, 4.69) is 15.2 Å². The van der Waals surface area contributed by atoms with Crippen LogP contribution in [0.25, 0.3) is 6.08 Å². The molecule has 3 aromatic rings. The van der Waals surface area contributed by atoms with Crippen molar-refractivity contribution in [2.45, 2.75) is 13.2 Å². The molecule has 3 rings (SSSR count). The predicted molar refractivity (Wildman–Crippen MR) is 103 cm³/mol. The van der Waals surface area contributed by atoms with Gasteiger partial charge in [0.1, 0.15) is 5.82 Å². The average Bonchev–Trinajstić information content (AvgIpc) is 3.33. The van der Waals surface area contributed by atoms with Gasteiger partial charge < -0.3 is 14.8 Å². The monoisotopic (exact) mass is 405 g/mol. The molecule has 0 saturated heterocycles. The van der Waals surface area contributed by atoms with Gasteiger partial charge in [0, 0.05) is 17.0 Å². The third kappa shape index (κ3) is 5.17. The Labute approximate surface area is 164 Å². The number of alkyl halides is 2. The standard InChI is InChI=1S/C19H17F2N3O3S/c1-26-16-11-13(4-6-15(16)27-19(20)21)5-7-18(25)23-17-8-9-22-24(17)12-14-3-2-10-28-14/h2-11,19H,12H2,1H3,(H,23,25)/b7-5+. The number of carbonyl (C=O) groups is 1. The van der Waals surface area contributed by atoms with Crippen molar-refractivity contribution in [2.75, 3.05) is 12.4 Å². The van der Waals surface area contributed by atoms with E-state index in [1.54, 1.807) is 40.4 Å². The summed E-state index contributed by atoms with van der Waals surface area (Å²) in [5, 5.41) is 8.95. The van der Waals surface area contributed by atoms with Crippen molar-refractivity contribution >= 4 is 29.1 Å². The Bertz CT molecular complexity index is 955. The molecule has 0 aliphatic heterocycles. The fraction of sp³-hybridized carbons (Fsp3) is 0.158. The van der Waals surface area contributed by atoms with Crippen LogP contribution in [0.15, 0.2) is 54.1 Å². The molecule has 9 heteroatoms. The minimum atomic E-state index is -2.94. The number of anilines is 1. The van der Waals surface area contributed by atoms with E-state index in [1.165, 1.54) is 25.3 Å². The molecular formula is C19H17F2N3O3S. The number of nitrogens with one attached hydrogen (secondary N) is 1. The SMILES string of the molecule is COc1cc(/C=C/C(=O)Nc2ccnn2Cc2cccs2)ccc1OC(F)F. The van der Waals surface area contributed by atoms with Gasteiger partial charge in [-0.1, -0.05) is 12.1 Å². The van der Waals surface area contributed by atoms with Gasteiger partial charge in [0.2, 0.25) is 5.91 Å². The topological polar surface area (TPSA) is 65.4 Å². The van der Waals surface area contributed by atoms with E-state index >= 15 is 0 Å². The number of carbonyl (C=O) groups excluding carboxylic acids is 1. The third-order valence-electron chi connectivity index (χ3n) is 3.68. The second-order valence-corrected chi connectivity index (χ2v) is 6.60. The van der Waals surface area contributed by atoms with Crippen LogP contribution in [0.1, 0.15) is 10.4 Å². The number of halogens is 2. The Balaban J connectivity index is 1.65. The Hall–Kier alpha value is -3.20. The summed E-state index contributed by atoms with van der Waals surface area (Å²) in [6.07, 6.45) is 4.49. The second-order valence-electron chi connectivity index (χ2n) is 5.56. The highest BCUT2D eigenvalue weighted by atomic mass is 32.1. The number of nitrogens with zero attached hydrogens (tertiary/aromatic N) is 2. The third-order valence-corrected chi connectivity index (χ3v) is 4.55. The van der Waals surface area contributed by atoms with Gasteiger partial charge in [-0.05, 0) is 35.2 Å². The molecule has 2 heterocycles. The highest BCUT2D eigenvalue weighted by molar-refractivity contribution is 7.09. The molecule has 0 radical (unpaired) electrons. The molecule has 1 N–H and O–H groups in total. The maximum Gasteiger partial charge on any atom is 0.387 e. The van der Waals surface area contributed by atoms with E-state index in [4.69, 9.17) is 4.74 Å². The van der Waals surface area contributed by atoms with Crippen LogP contribution in [0.3, 0.4) is 0 Å². The van der Waals surface area contributed by atoms with E-state index in [9.17, 15) is 13.6 Å². The molecular weight excluding hydrogens is 388 g/mol. The molecule has 0 fully saturated rings. The van der Waals surface area contributed by atoms with E-state index in [0.717, 1.165) is 4.88 Å². The van der Waals surface area contributed by atoms with E-state index in [0.29, 0.717) is 17.9 Å². The maximum absolute atomic E-state index is 12.4. The molecule has 0 saturated carbocycles. The van der Waals surface area contributed by atoms with Crippen LogP contribution in [-0.2, 0) is 11.3 Å². The lowest BCUT2D eigenvalue weighted by atomic mass is 10.2. The number of hydrogen-bond donors (Lipinski definition) is 1. The van der Waals surface area contributed by atoms with Crippen LogP contribution in [0.5, 0.6) is 11.5 Å². The van der Waals surface area contributed by atoms with Crippen LogP contribution in [0.4, 0.5) is 14.6 Å². The average molecular weight is 405 g/mol. The van der Waals surface area contributed by atoms with Gasteiger partial charge in [-0.2, -0.15) is 13.9 Å². The Morgan fingerprint density at radius 2 is 2.18 bits per heavy atom. The van der Waals surface area contributed by atoms with Crippen LogP contribution >= 0.6 is 11.3 Å². The Morgan fingerprint density at radius 1 is 1.32 bits per heavy atom. The molecule has 0 unspecified atom stereocenters. The fourth-order valence-electron chi connectivity index (χ4n) is 2.44. The largest absolute Gasteiger partial charge is 0.493 e. The maximum atomic E-state index is 12.4. The van der Waals surface area contributed by atoms with Gasteiger partial charge >= 0.3 is 6.61 Å². The van der Waals surface area contributed by atoms with Crippen LogP contribution in [-0.4, -0.2) is 29.4 Å². The first kappa shape index (κ1) is 19.6. The number of hydrogen-bond acceptors (Lipinski definition) is 5. The second kappa shape index (κ2) is 9.14. The van der Waals surface area contributed by atoms with Crippen LogP contribution in [0.2, 0.25) is 0 Å². The fourth-order valence-corrected chi connectivity index (χ4v) is 3.12. The normalized spacial score (nSPS) is 11.1. The van der Waals surface area contributed by atoms with Crippen LogP contribution in [0, 0.1) is 0 Å². The summed E-state index contributed by atoms with van der Waals surface area (Å²) in [7, 11) is 1.35. The number of benzene rings is 1. The molecule has 0 spiro atoms. The number of methoxy groups -OCH3 is 1. The van der Waals surface area contributed by atoms with Crippen LogP contribution < -0.4 is 14.8 Å². The molecule has 146 valence electrons. The first-order valence-electron chi connectivity index (χ1n) is 8.21. The van der Waals surface area contributed by atoms with Gasteiger partial charge in [0.05, 0.1) is 19.9 Å². The number of rotatable bonds is 8. The Kier molecular flexibility index (Phi) is 6.38. The van der Waals surface area contributed by atoms with E-state index in [1.807, 2.05) is 17.5 Å². The smallest absolute Gasteiger partial charge is 0.387 e. The highest BCUT2D eigenvalue weighted by Crippen LogP contribution is 2.29. The summed E-state index contributed by atoms with van der Waals surface area (Å²) in [6, 6.07) is 10.1. The summed E-state index contributed by atoms with van der Waals surface area (Å²) >= 11 is 1.61. The molecule has 1 amide bonds. The molecule has 0 aliphatic rings. The van der Waals surface area contributed by atoms with Crippen molar-refractivity contribution in [1.29, 1.82) is 0 Å². The molecule has 6 nitrogen and oxygen atoms in total. The lowest BCUT2D eigenvalue weighted by molar-refractivity contribution is -0.111. The van der Waals surface area contributed by atoms with Crippen molar-refractivity contribution in [3.8, 4) is 11.5 Å². The first-order chi connectivity index (χ1) is 13.5. The van der Waals surface area contributed by atoms with E-state index < -0.39 is 6.61 Å². The molecule has 0 atom stereocenters. The van der Waals surface area contributed by atoms with Crippen molar-refractivity contribution in [3.05, 3.63) is 64.5 Å². The zero-order chi connectivity index (χ0) is 19.9. The lowest BCUT2D eigenvalue weighted by Gasteiger charge is -2.10. The predicted octanol–water partition coefficient (Wildman–Crippen LogP) is 4.25. The quantitative estimate of drug-likeness (QED) is 0.569. The van der Waals surface area contributed by atoms with Crippen molar-refractivity contribution in [1.82, 2.24) is 9.78 Å². The van der Waals surface area contributed by atoms with Gasteiger partial charge in [-0.3, -0.25) is 4.79 Å². The van der Waals surface area contributed by atoms with E-state index in [-0.39, 0.29) is 17.4 Å². The highest BCUT2D eigenvalue weighted by Gasteiger charge is 2.11.